The highest BCUT2D eigenvalue weighted by Gasteiger charge is 1.44. The van der Waals surface area contributed by atoms with Gasteiger partial charge in [-0.25, -0.2) is 0 Å². The molecule has 8 heteroatoms. The summed E-state index contributed by atoms with van der Waals surface area (Å²) in [6.07, 6.45) is 0. The number of hydrogen-bond donors (Lipinski definition) is 2. The predicted octanol–water partition coefficient (Wildman–Crippen LogP) is -5.07. The maximum atomic E-state index is 8.55. The molecule has 56 valence electrons. The Hall–Kier alpha value is 0.320. The van der Waals surface area contributed by atoms with E-state index < -0.39 is 7.82 Å². The first-order valence-corrected chi connectivity index (χ1v) is 2.19. The summed E-state index contributed by atoms with van der Waals surface area (Å²) >= 11 is 0. The zero-order valence-electron chi connectivity index (χ0n) is 4.46. The molecule has 0 aliphatic rings. The van der Waals surface area contributed by atoms with Gasteiger partial charge in [-0.05, 0) is 0 Å². The van der Waals surface area contributed by atoms with Crippen LogP contribution in [0.1, 0.15) is 0 Å². The van der Waals surface area contributed by atoms with Crippen molar-refractivity contribution < 1.29 is 31.7 Å². The van der Waals surface area contributed by atoms with E-state index in [-0.39, 0.29) is 24.7 Å². The second-order valence-corrected chi connectivity index (χ2v) is 1.34. The minimum Gasteiger partial charge on any atom is -1.00 e. The first-order valence-electron chi connectivity index (χ1n) is 0.730. The summed E-state index contributed by atoms with van der Waals surface area (Å²) in [4.78, 5) is 25.6. The number of rotatable bonds is 0. The molecule has 0 aliphatic heterocycles. The fourth-order valence-corrected chi connectivity index (χ4v) is 0. The van der Waals surface area contributed by atoms with Crippen LogP contribution in [0.4, 0.5) is 0 Å². The van der Waals surface area contributed by atoms with E-state index in [1.165, 1.54) is 0 Å². The van der Waals surface area contributed by atoms with Crippen molar-refractivity contribution in [1.82, 2.24) is 12.3 Å². The van der Waals surface area contributed by atoms with Crippen LogP contribution in [0.3, 0.4) is 0 Å². The topological polar surface area (TPSA) is 159 Å². The smallest absolute Gasteiger partial charge is 0.159 e. The second-order valence-electron chi connectivity index (χ2n) is 0.447. The summed E-state index contributed by atoms with van der Waals surface area (Å²) in [5.74, 6) is 0. The van der Waals surface area contributed by atoms with Gasteiger partial charge in [-0.15, -0.1) is 0 Å². The largest absolute Gasteiger partial charge is 1.00 e. The molecule has 0 fully saturated rings. The van der Waals surface area contributed by atoms with Crippen molar-refractivity contribution in [2.45, 2.75) is 0 Å². The maximum Gasteiger partial charge on any atom is -0.159 e. The van der Waals surface area contributed by atoms with E-state index in [4.69, 9.17) is 19.2 Å². The molecule has 0 aromatic carbocycles. The third-order valence-corrected chi connectivity index (χ3v) is 0. The second kappa shape index (κ2) is 7.32. The van der Waals surface area contributed by atoms with Crippen LogP contribution in [-0.4, -0.2) is 0 Å². The first kappa shape index (κ1) is 23.9. The van der Waals surface area contributed by atoms with Gasteiger partial charge < -0.3 is 44.0 Å². The van der Waals surface area contributed by atoms with Gasteiger partial charge >= 0.3 is 0 Å². The van der Waals surface area contributed by atoms with Crippen molar-refractivity contribution in [3.63, 3.8) is 0 Å². The summed E-state index contributed by atoms with van der Waals surface area (Å²) in [5, 5.41) is 0. The molecule has 0 atom stereocenters. The molecule has 0 amide bonds. The van der Waals surface area contributed by atoms with Crippen LogP contribution in [-0.2, 0) is 4.57 Å². The van der Waals surface area contributed by atoms with Crippen LogP contribution in [0.15, 0.2) is 0 Å². The van der Waals surface area contributed by atoms with Gasteiger partial charge in [0.05, 0.1) is 0 Å². The molecule has 0 unspecified atom stereocenters. The van der Waals surface area contributed by atoms with E-state index in [2.05, 4.69) is 0 Å². The molecule has 0 saturated carbocycles. The minimum absolute atomic E-state index is 0. The summed E-state index contributed by atoms with van der Waals surface area (Å²) in [7, 11) is -5.39. The Balaban J connectivity index is -0.0000000267. The Bertz CT molecular complexity index is 60.2. The number of hydrogen-bond acceptors (Lipinski definition) is 4. The van der Waals surface area contributed by atoms with Crippen molar-refractivity contribution in [3.05, 3.63) is 0 Å². The van der Waals surface area contributed by atoms with Gasteiger partial charge in [-0.1, -0.05) is 0 Å². The van der Waals surface area contributed by atoms with Gasteiger partial charge in [0.1, 0.15) is 0 Å². The number of halogens is 1. The summed E-state index contributed by atoms with van der Waals surface area (Å²) in [5.41, 5.74) is 0. The third kappa shape index (κ3) is 1750. The van der Waals surface area contributed by atoms with Gasteiger partial charge in [0, 0.05) is 0 Å². The lowest BCUT2D eigenvalue weighted by Gasteiger charge is -2.36. The van der Waals surface area contributed by atoms with Crippen LogP contribution in [0.2, 0.25) is 0 Å². The lowest BCUT2D eigenvalue weighted by Crippen LogP contribution is -3.00. The van der Waals surface area contributed by atoms with Crippen molar-refractivity contribution in [2.24, 2.45) is 0 Å². The minimum atomic E-state index is -5.39. The predicted molar refractivity (Wildman–Crippen MR) is 19.6 cm³/mol. The molecular formula is H8ClN2O4P-2. The Morgan fingerprint density at radius 3 is 1.00 bits per heavy atom. The highest BCUT2D eigenvalue weighted by Crippen LogP contribution is 2.03. The van der Waals surface area contributed by atoms with E-state index >= 15 is 0 Å². The third-order valence-electron chi connectivity index (χ3n) is 0. The highest BCUT2D eigenvalue weighted by atomic mass is 35.5. The molecule has 0 bridgehead atoms. The molecule has 0 saturated heterocycles. The van der Waals surface area contributed by atoms with Crippen LogP contribution in [0, 0.1) is 0 Å². The average Bonchev–Trinajstić information content (AvgIpc) is 0.722. The molecule has 8 N–H and O–H groups in total. The van der Waals surface area contributed by atoms with Crippen molar-refractivity contribution in [3.8, 4) is 0 Å². The fourth-order valence-electron chi connectivity index (χ4n) is 0. The molecular weight excluding hydrogens is 158 g/mol. The van der Waals surface area contributed by atoms with E-state index in [9.17, 15) is 0 Å². The average molecular weight is 167 g/mol. The fraction of sp³-hybridized carbons (Fsp3) is 0. The van der Waals surface area contributed by atoms with Crippen molar-refractivity contribution in [1.29, 1.82) is 0 Å². The maximum absolute atomic E-state index is 8.55. The van der Waals surface area contributed by atoms with E-state index in [1.54, 1.807) is 0 Å². The lowest BCUT2D eigenvalue weighted by atomic mass is 14.0. The number of quaternary nitrogens is 2. The molecule has 0 spiro atoms. The van der Waals surface area contributed by atoms with Crippen LogP contribution in [0.25, 0.3) is 0 Å². The van der Waals surface area contributed by atoms with Gasteiger partial charge in [0.2, 0.25) is 0 Å². The van der Waals surface area contributed by atoms with Crippen LogP contribution >= 0.6 is 7.82 Å². The Morgan fingerprint density at radius 1 is 1.00 bits per heavy atom. The molecule has 8 heavy (non-hydrogen) atoms. The van der Waals surface area contributed by atoms with E-state index in [0.29, 0.717) is 0 Å². The zero-order valence-corrected chi connectivity index (χ0v) is 6.11. The Labute approximate surface area is 52.7 Å². The molecule has 0 rings (SSSR count). The SMILES string of the molecule is O=P([O-])([O-])[O-].[Cl-].[NH4+].[NH4+]. The Kier molecular flexibility index (Phi) is 21.9. The lowest BCUT2D eigenvalue weighted by molar-refractivity contribution is -0.432. The molecule has 0 heterocycles. The molecule has 0 aromatic rings. The molecule has 0 aromatic heterocycles. The summed E-state index contributed by atoms with van der Waals surface area (Å²) in [6, 6.07) is 0. The van der Waals surface area contributed by atoms with Crippen LogP contribution < -0.4 is 39.4 Å². The van der Waals surface area contributed by atoms with Gasteiger partial charge in [0.25, 0.3) is 0 Å². The normalized spacial score (nSPS) is 7.38. The van der Waals surface area contributed by atoms with Crippen molar-refractivity contribution >= 4 is 7.82 Å². The molecule has 0 aliphatic carbocycles. The highest BCUT2D eigenvalue weighted by molar-refractivity contribution is 7.40. The summed E-state index contributed by atoms with van der Waals surface area (Å²) in [6.45, 7) is 0. The van der Waals surface area contributed by atoms with Crippen LogP contribution in [0.5, 0.6) is 0 Å². The number of phosphoric acid groups is 1. The first-order chi connectivity index (χ1) is 2.00. The zero-order chi connectivity index (χ0) is 4.50. The van der Waals surface area contributed by atoms with Gasteiger partial charge in [0.15, 0.2) is 0 Å². The van der Waals surface area contributed by atoms with E-state index in [0.717, 1.165) is 0 Å². The molecule has 0 radical (unpaired) electrons. The van der Waals surface area contributed by atoms with Gasteiger partial charge in [-0.2, -0.15) is 7.82 Å². The quantitative estimate of drug-likeness (QED) is 0.345. The Morgan fingerprint density at radius 2 is 1.00 bits per heavy atom. The standard InChI is InChI=1S/ClH.2H3N.H3O4P/c;;;1-5(2,3)4/h1H;2*1H3;(H3,1,2,3,4)/p-2. The van der Waals surface area contributed by atoms with Gasteiger partial charge in [-0.3, -0.25) is 0 Å². The van der Waals surface area contributed by atoms with Crippen molar-refractivity contribution in [2.75, 3.05) is 0 Å². The summed E-state index contributed by atoms with van der Waals surface area (Å²) < 4.78 is 8.55. The molecule has 6 nitrogen and oxygen atoms in total. The van der Waals surface area contributed by atoms with E-state index in [1.807, 2.05) is 0 Å². The monoisotopic (exact) mass is 166 g/mol.